The van der Waals surface area contributed by atoms with E-state index in [4.69, 9.17) is 0 Å². The average Bonchev–Trinajstić information content (AvgIpc) is 2.84. The highest BCUT2D eigenvalue weighted by Gasteiger charge is 2.27. The van der Waals surface area contributed by atoms with Gasteiger partial charge in [-0.15, -0.1) is 11.8 Å². The molecule has 0 radical (unpaired) electrons. The van der Waals surface area contributed by atoms with Crippen molar-refractivity contribution >= 4 is 29.5 Å². The third kappa shape index (κ3) is 4.88. The molecule has 0 aromatic carbocycles. The molecule has 2 saturated heterocycles. The summed E-state index contributed by atoms with van der Waals surface area (Å²) in [6, 6.07) is 0.145. The Kier molecular flexibility index (Phi) is 6.07. The fraction of sp³-hybridized carbons (Fsp3) is 0.786. The standard InChI is InChI=1S/C14H24N4O3S/c1-11(2)15-12(19)7-16-3-5-17(6-4-16)13(20)8-18-10-22-9-14(18)21/h11H,3-10H2,1-2H3,(H,15,19). The van der Waals surface area contributed by atoms with Gasteiger partial charge in [0.05, 0.1) is 18.2 Å². The second-order valence-corrected chi connectivity index (χ2v) is 6.90. The molecule has 124 valence electrons. The van der Waals surface area contributed by atoms with E-state index in [-0.39, 0.29) is 30.3 Å². The maximum absolute atomic E-state index is 12.2. The first kappa shape index (κ1) is 17.1. The van der Waals surface area contributed by atoms with Crippen molar-refractivity contribution in [2.75, 3.05) is 50.9 Å². The number of nitrogens with one attached hydrogen (secondary N) is 1. The van der Waals surface area contributed by atoms with Crippen LogP contribution in [0.25, 0.3) is 0 Å². The number of nitrogens with zero attached hydrogens (tertiary/aromatic N) is 3. The monoisotopic (exact) mass is 328 g/mol. The van der Waals surface area contributed by atoms with Crippen LogP contribution >= 0.6 is 11.8 Å². The lowest BCUT2D eigenvalue weighted by Crippen LogP contribution is -2.53. The summed E-state index contributed by atoms with van der Waals surface area (Å²) in [6.45, 7) is 7.05. The zero-order valence-electron chi connectivity index (χ0n) is 13.2. The molecule has 0 atom stereocenters. The molecular weight excluding hydrogens is 304 g/mol. The minimum atomic E-state index is 0.00197. The van der Waals surface area contributed by atoms with Gasteiger partial charge in [0, 0.05) is 32.2 Å². The molecule has 2 rings (SSSR count). The van der Waals surface area contributed by atoms with Gasteiger partial charge in [-0.2, -0.15) is 0 Å². The molecule has 0 bridgehead atoms. The average molecular weight is 328 g/mol. The Labute approximate surface area is 135 Å². The van der Waals surface area contributed by atoms with E-state index >= 15 is 0 Å². The number of rotatable bonds is 5. The Morgan fingerprint density at radius 2 is 1.86 bits per heavy atom. The Balaban J connectivity index is 1.71. The summed E-state index contributed by atoms with van der Waals surface area (Å²) in [5.74, 6) is 1.16. The van der Waals surface area contributed by atoms with Crippen LogP contribution in [0.5, 0.6) is 0 Å². The van der Waals surface area contributed by atoms with Crippen LogP contribution in [0.15, 0.2) is 0 Å². The van der Waals surface area contributed by atoms with Crippen molar-refractivity contribution in [3.05, 3.63) is 0 Å². The van der Waals surface area contributed by atoms with E-state index in [1.165, 1.54) is 0 Å². The van der Waals surface area contributed by atoms with E-state index in [2.05, 4.69) is 10.2 Å². The fourth-order valence-corrected chi connectivity index (χ4v) is 3.43. The second-order valence-electron chi connectivity index (χ2n) is 5.95. The van der Waals surface area contributed by atoms with Crippen LogP contribution in [0.1, 0.15) is 13.8 Å². The summed E-state index contributed by atoms with van der Waals surface area (Å²) in [6.07, 6.45) is 0. The highest BCUT2D eigenvalue weighted by Crippen LogP contribution is 2.15. The van der Waals surface area contributed by atoms with Gasteiger partial charge in [0.1, 0.15) is 6.54 Å². The van der Waals surface area contributed by atoms with Gasteiger partial charge in [-0.3, -0.25) is 19.3 Å². The molecule has 2 aliphatic heterocycles. The third-order valence-electron chi connectivity index (χ3n) is 3.69. The number of thioether (sulfide) groups is 1. The third-order valence-corrected chi connectivity index (χ3v) is 4.64. The highest BCUT2D eigenvalue weighted by molar-refractivity contribution is 8.00. The molecule has 2 aliphatic rings. The van der Waals surface area contributed by atoms with Crippen molar-refractivity contribution in [3.63, 3.8) is 0 Å². The van der Waals surface area contributed by atoms with E-state index in [0.29, 0.717) is 44.4 Å². The lowest BCUT2D eigenvalue weighted by atomic mass is 10.3. The summed E-state index contributed by atoms with van der Waals surface area (Å²) in [5.41, 5.74) is 0. The zero-order valence-corrected chi connectivity index (χ0v) is 14.0. The van der Waals surface area contributed by atoms with Gasteiger partial charge in [-0.1, -0.05) is 0 Å². The minimum Gasteiger partial charge on any atom is -0.353 e. The predicted molar refractivity (Wildman–Crippen MR) is 85.3 cm³/mol. The molecule has 0 aliphatic carbocycles. The molecule has 8 heteroatoms. The van der Waals surface area contributed by atoms with E-state index in [0.717, 1.165) is 0 Å². The number of amides is 3. The van der Waals surface area contributed by atoms with Crippen LogP contribution in [0.4, 0.5) is 0 Å². The molecule has 2 heterocycles. The zero-order chi connectivity index (χ0) is 16.1. The number of hydrogen-bond donors (Lipinski definition) is 1. The molecule has 2 fully saturated rings. The van der Waals surface area contributed by atoms with Crippen LogP contribution < -0.4 is 5.32 Å². The van der Waals surface area contributed by atoms with Gasteiger partial charge in [0.15, 0.2) is 0 Å². The van der Waals surface area contributed by atoms with E-state index in [9.17, 15) is 14.4 Å². The first-order valence-electron chi connectivity index (χ1n) is 7.60. The fourth-order valence-electron chi connectivity index (χ4n) is 2.53. The van der Waals surface area contributed by atoms with Crippen molar-refractivity contribution in [3.8, 4) is 0 Å². The maximum Gasteiger partial charge on any atom is 0.242 e. The van der Waals surface area contributed by atoms with E-state index < -0.39 is 0 Å². The molecule has 0 unspecified atom stereocenters. The molecule has 3 amide bonds. The number of carbonyl (C=O) groups is 3. The second kappa shape index (κ2) is 7.82. The molecule has 1 N–H and O–H groups in total. The van der Waals surface area contributed by atoms with Crippen molar-refractivity contribution < 1.29 is 14.4 Å². The van der Waals surface area contributed by atoms with Crippen molar-refractivity contribution in [1.82, 2.24) is 20.0 Å². The van der Waals surface area contributed by atoms with E-state index in [1.807, 2.05) is 13.8 Å². The van der Waals surface area contributed by atoms with Crippen LogP contribution in [-0.4, -0.2) is 89.4 Å². The van der Waals surface area contributed by atoms with Crippen molar-refractivity contribution in [2.24, 2.45) is 0 Å². The molecule has 0 aromatic heterocycles. The summed E-state index contributed by atoms with van der Waals surface area (Å²) in [4.78, 5) is 40.9. The van der Waals surface area contributed by atoms with Gasteiger partial charge in [0.25, 0.3) is 0 Å². The first-order chi connectivity index (χ1) is 10.5. The van der Waals surface area contributed by atoms with E-state index in [1.54, 1.807) is 21.6 Å². The molecular formula is C14H24N4O3S. The Morgan fingerprint density at radius 3 is 2.41 bits per heavy atom. The lowest BCUT2D eigenvalue weighted by Gasteiger charge is -2.35. The first-order valence-corrected chi connectivity index (χ1v) is 8.76. The summed E-state index contributed by atoms with van der Waals surface area (Å²) >= 11 is 1.54. The lowest BCUT2D eigenvalue weighted by molar-refractivity contribution is -0.139. The van der Waals surface area contributed by atoms with Gasteiger partial charge in [-0.25, -0.2) is 0 Å². The van der Waals surface area contributed by atoms with Crippen molar-refractivity contribution in [2.45, 2.75) is 19.9 Å². The van der Waals surface area contributed by atoms with Gasteiger partial charge >= 0.3 is 0 Å². The Bertz CT molecular complexity index is 436. The SMILES string of the molecule is CC(C)NC(=O)CN1CCN(C(=O)CN2CSCC2=O)CC1. The minimum absolute atomic E-state index is 0.00197. The Morgan fingerprint density at radius 1 is 1.18 bits per heavy atom. The van der Waals surface area contributed by atoms with Gasteiger partial charge < -0.3 is 15.1 Å². The van der Waals surface area contributed by atoms with Crippen LogP contribution in [-0.2, 0) is 14.4 Å². The molecule has 7 nitrogen and oxygen atoms in total. The quantitative estimate of drug-likeness (QED) is 0.714. The Hall–Kier alpha value is -1.28. The van der Waals surface area contributed by atoms with Gasteiger partial charge in [-0.05, 0) is 13.8 Å². The maximum atomic E-state index is 12.2. The number of carbonyl (C=O) groups excluding carboxylic acids is 3. The predicted octanol–water partition coefficient (Wildman–Crippen LogP) is -0.812. The van der Waals surface area contributed by atoms with Crippen LogP contribution in [0.2, 0.25) is 0 Å². The smallest absolute Gasteiger partial charge is 0.242 e. The van der Waals surface area contributed by atoms with Crippen LogP contribution in [0, 0.1) is 0 Å². The number of hydrogen-bond acceptors (Lipinski definition) is 5. The highest BCUT2D eigenvalue weighted by atomic mass is 32.2. The van der Waals surface area contributed by atoms with Gasteiger partial charge in [0.2, 0.25) is 17.7 Å². The largest absolute Gasteiger partial charge is 0.353 e. The normalized spacial score (nSPS) is 19.9. The topological polar surface area (TPSA) is 73.0 Å². The molecule has 0 spiro atoms. The van der Waals surface area contributed by atoms with Crippen molar-refractivity contribution in [1.29, 1.82) is 0 Å². The molecule has 0 saturated carbocycles. The number of piperazine rings is 1. The summed E-state index contributed by atoms with van der Waals surface area (Å²) < 4.78 is 0. The summed E-state index contributed by atoms with van der Waals surface area (Å²) in [5, 5.41) is 2.87. The molecule has 22 heavy (non-hydrogen) atoms. The summed E-state index contributed by atoms with van der Waals surface area (Å²) in [7, 11) is 0. The molecule has 0 aromatic rings. The van der Waals surface area contributed by atoms with Crippen LogP contribution in [0.3, 0.4) is 0 Å².